The lowest BCUT2D eigenvalue weighted by atomic mass is 9.85. The van der Waals surface area contributed by atoms with E-state index in [1.807, 2.05) is 12.3 Å². The molecule has 1 aliphatic carbocycles. The van der Waals surface area contributed by atoms with Gasteiger partial charge in [0.15, 0.2) is 5.69 Å². The van der Waals surface area contributed by atoms with Crippen LogP contribution < -0.4 is 5.32 Å². The van der Waals surface area contributed by atoms with Crippen molar-refractivity contribution in [3.63, 3.8) is 0 Å². The van der Waals surface area contributed by atoms with Gasteiger partial charge >= 0.3 is 0 Å². The summed E-state index contributed by atoms with van der Waals surface area (Å²) in [4.78, 5) is 15.3. The Hall–Kier alpha value is -2.74. The fraction of sp³-hybridized carbons (Fsp3) is 0.560. The second kappa shape index (κ2) is 8.56. The number of aromatic nitrogens is 4. The third-order valence-electron chi connectivity index (χ3n) is 7.68. The Morgan fingerprint density at radius 3 is 2.85 bits per heavy atom. The number of fused-ring (bicyclic) bond motifs is 2. The average Bonchev–Trinajstić information content (AvgIpc) is 3.43. The van der Waals surface area contributed by atoms with E-state index in [4.69, 9.17) is 0 Å². The molecule has 2 fully saturated rings. The van der Waals surface area contributed by atoms with Gasteiger partial charge in [-0.2, -0.15) is 10.2 Å². The van der Waals surface area contributed by atoms with Crippen LogP contribution in [0.1, 0.15) is 54.7 Å². The van der Waals surface area contributed by atoms with Crippen LogP contribution in [0.25, 0.3) is 22.0 Å². The normalized spacial score (nSPS) is 23.9. The van der Waals surface area contributed by atoms with Gasteiger partial charge in [0.1, 0.15) is 6.17 Å². The number of nitrogens with zero attached hydrogens (tertiary/aromatic N) is 4. The van der Waals surface area contributed by atoms with Crippen LogP contribution >= 0.6 is 0 Å². The van der Waals surface area contributed by atoms with Gasteiger partial charge in [-0.1, -0.05) is 6.07 Å². The first-order valence-electron chi connectivity index (χ1n) is 12.3. The summed E-state index contributed by atoms with van der Waals surface area (Å²) >= 11 is 0. The molecule has 7 nitrogen and oxygen atoms in total. The largest absolute Gasteiger partial charge is 0.348 e. The number of hydrogen-bond donors (Lipinski definition) is 2. The van der Waals surface area contributed by atoms with Crippen molar-refractivity contribution in [1.29, 1.82) is 0 Å². The van der Waals surface area contributed by atoms with Crippen molar-refractivity contribution in [2.24, 2.45) is 5.92 Å². The summed E-state index contributed by atoms with van der Waals surface area (Å²) in [7, 11) is 0. The fourth-order valence-electron chi connectivity index (χ4n) is 5.78. The van der Waals surface area contributed by atoms with Gasteiger partial charge in [-0.3, -0.25) is 19.5 Å². The molecule has 1 amide bonds. The number of amides is 1. The maximum atomic E-state index is 13.1. The number of hydrogen-bond acceptors (Lipinski definition) is 4. The Kier molecular flexibility index (Phi) is 5.40. The van der Waals surface area contributed by atoms with Crippen LogP contribution in [0.4, 0.5) is 4.39 Å². The van der Waals surface area contributed by atoms with Crippen LogP contribution in [-0.4, -0.2) is 62.6 Å². The van der Waals surface area contributed by atoms with E-state index in [0.29, 0.717) is 24.7 Å². The highest BCUT2D eigenvalue weighted by Gasteiger charge is 2.31. The molecule has 1 aromatic carbocycles. The van der Waals surface area contributed by atoms with Crippen LogP contribution in [0, 0.1) is 5.92 Å². The Bertz CT molecular complexity index is 1160. The fourth-order valence-corrected chi connectivity index (χ4v) is 5.78. The molecule has 3 aromatic rings. The molecular formula is C25H31FN6O. The molecule has 0 spiro atoms. The number of aromatic amines is 1. The second-order valence-corrected chi connectivity index (χ2v) is 10.0. The number of carbonyl (C=O) groups is 1. The predicted molar refractivity (Wildman–Crippen MR) is 125 cm³/mol. The third-order valence-corrected chi connectivity index (χ3v) is 7.68. The zero-order chi connectivity index (χ0) is 22.4. The van der Waals surface area contributed by atoms with E-state index < -0.39 is 6.17 Å². The van der Waals surface area contributed by atoms with E-state index in [9.17, 15) is 9.18 Å². The first kappa shape index (κ1) is 20.8. The second-order valence-electron chi connectivity index (χ2n) is 10.0. The highest BCUT2D eigenvalue weighted by molar-refractivity contribution is 6.05. The third kappa shape index (κ3) is 4.05. The predicted octanol–water partition coefficient (Wildman–Crippen LogP) is 3.71. The molecule has 6 rings (SSSR count). The lowest BCUT2D eigenvalue weighted by Gasteiger charge is -2.39. The molecule has 8 heteroatoms. The summed E-state index contributed by atoms with van der Waals surface area (Å²) in [5.41, 5.74) is 4.86. The summed E-state index contributed by atoms with van der Waals surface area (Å²) in [5.74, 6) is 0.503. The number of aryl methyl sites for hydroxylation is 1. The van der Waals surface area contributed by atoms with Gasteiger partial charge in [0, 0.05) is 48.9 Å². The van der Waals surface area contributed by atoms with Crippen LogP contribution in [0.2, 0.25) is 0 Å². The molecule has 174 valence electrons. The number of H-pyrrole nitrogens is 1. The summed E-state index contributed by atoms with van der Waals surface area (Å²) < 4.78 is 15.2. The van der Waals surface area contributed by atoms with Crippen LogP contribution in [0.3, 0.4) is 0 Å². The van der Waals surface area contributed by atoms with E-state index >= 15 is 0 Å². The van der Waals surface area contributed by atoms with Crippen LogP contribution in [0.5, 0.6) is 0 Å². The number of alkyl halides is 1. The van der Waals surface area contributed by atoms with E-state index in [1.165, 1.54) is 18.5 Å². The number of rotatable bonds is 5. The SMILES string of the molecule is O=C(N[C@H]1CC[C@H](CN2CC(F)C2)CC1)c1n[nH]c2ccc(-c3cnn4c3CCCC4)cc12. The molecule has 1 saturated heterocycles. The Labute approximate surface area is 192 Å². The molecule has 33 heavy (non-hydrogen) atoms. The van der Waals surface area contributed by atoms with Gasteiger partial charge in [-0.25, -0.2) is 4.39 Å². The van der Waals surface area contributed by atoms with Gasteiger partial charge in [0.2, 0.25) is 0 Å². The number of benzene rings is 1. The summed E-state index contributed by atoms with van der Waals surface area (Å²) in [6.07, 6.45) is 8.83. The monoisotopic (exact) mass is 450 g/mol. The van der Waals surface area contributed by atoms with Gasteiger partial charge in [-0.15, -0.1) is 0 Å². The number of halogens is 1. The van der Waals surface area contributed by atoms with Crippen molar-refractivity contribution < 1.29 is 9.18 Å². The maximum absolute atomic E-state index is 13.1. The van der Waals surface area contributed by atoms with E-state index in [2.05, 4.69) is 42.3 Å². The van der Waals surface area contributed by atoms with Gasteiger partial charge < -0.3 is 5.32 Å². The summed E-state index contributed by atoms with van der Waals surface area (Å²) in [6, 6.07) is 6.34. The van der Waals surface area contributed by atoms with E-state index in [1.54, 1.807) is 0 Å². The van der Waals surface area contributed by atoms with Gasteiger partial charge in [0.05, 0.1) is 11.7 Å². The van der Waals surface area contributed by atoms with Gasteiger partial charge in [0.25, 0.3) is 5.91 Å². The minimum absolute atomic E-state index is 0.109. The number of nitrogens with one attached hydrogen (secondary N) is 2. The first-order chi connectivity index (χ1) is 16.1. The number of likely N-dealkylation sites (tertiary alicyclic amines) is 1. The first-order valence-corrected chi connectivity index (χ1v) is 12.3. The molecule has 1 saturated carbocycles. The molecule has 2 aliphatic heterocycles. The lowest BCUT2D eigenvalue weighted by molar-refractivity contribution is 0.0440. The standard InChI is InChI=1S/C25H31FN6O/c26-18-14-31(15-18)13-16-4-7-19(8-5-16)28-25(33)24-20-11-17(6-9-22(20)29-30-24)21-12-27-32-10-2-1-3-23(21)32/h6,9,11-12,16,18-19H,1-5,7-8,10,13-15H2,(H,28,33)(H,29,30)/t16-,19-. The quantitative estimate of drug-likeness (QED) is 0.621. The van der Waals surface area contributed by atoms with Crippen LogP contribution in [-0.2, 0) is 13.0 Å². The lowest BCUT2D eigenvalue weighted by Crippen LogP contribution is -2.50. The molecular weight excluding hydrogens is 419 g/mol. The highest BCUT2D eigenvalue weighted by Crippen LogP contribution is 2.31. The molecule has 2 aromatic heterocycles. The molecule has 4 heterocycles. The zero-order valence-electron chi connectivity index (χ0n) is 18.9. The average molecular weight is 451 g/mol. The van der Waals surface area contributed by atoms with Crippen molar-refractivity contribution in [3.8, 4) is 11.1 Å². The van der Waals surface area contributed by atoms with Crippen molar-refractivity contribution in [1.82, 2.24) is 30.2 Å². The topological polar surface area (TPSA) is 78.8 Å². The molecule has 0 atom stereocenters. The molecule has 3 aliphatic rings. The molecule has 0 radical (unpaired) electrons. The molecule has 0 bridgehead atoms. The Morgan fingerprint density at radius 2 is 2.03 bits per heavy atom. The minimum atomic E-state index is -0.635. The zero-order valence-corrected chi connectivity index (χ0v) is 18.9. The summed E-state index contributed by atoms with van der Waals surface area (Å²) in [5, 5.41) is 16.0. The highest BCUT2D eigenvalue weighted by atomic mass is 19.1. The Morgan fingerprint density at radius 1 is 1.18 bits per heavy atom. The Balaban J connectivity index is 1.14. The van der Waals surface area contributed by atoms with E-state index in [0.717, 1.165) is 67.2 Å². The molecule has 2 N–H and O–H groups in total. The number of carbonyl (C=O) groups excluding carboxylic acids is 1. The summed E-state index contributed by atoms with van der Waals surface area (Å²) in [6.45, 7) is 3.15. The van der Waals surface area contributed by atoms with E-state index in [-0.39, 0.29) is 11.9 Å². The minimum Gasteiger partial charge on any atom is -0.348 e. The van der Waals surface area contributed by atoms with Crippen molar-refractivity contribution in [2.75, 3.05) is 19.6 Å². The van der Waals surface area contributed by atoms with Crippen molar-refractivity contribution >= 4 is 16.8 Å². The van der Waals surface area contributed by atoms with Crippen molar-refractivity contribution in [2.45, 2.75) is 63.7 Å². The maximum Gasteiger partial charge on any atom is 0.272 e. The van der Waals surface area contributed by atoms with Gasteiger partial charge in [-0.05, 0) is 68.6 Å². The van der Waals surface area contributed by atoms with Crippen LogP contribution in [0.15, 0.2) is 24.4 Å². The smallest absolute Gasteiger partial charge is 0.272 e. The molecule has 0 unspecified atom stereocenters. The van der Waals surface area contributed by atoms with Crippen molar-refractivity contribution in [3.05, 3.63) is 35.8 Å².